The third-order valence-corrected chi connectivity index (χ3v) is 7.25. The fourth-order valence-corrected chi connectivity index (χ4v) is 5.53. The van der Waals surface area contributed by atoms with Crippen LogP contribution in [0.15, 0.2) is 9.95 Å². The molecule has 3 heterocycles. The summed E-state index contributed by atoms with van der Waals surface area (Å²) in [6.07, 6.45) is 0. The number of aromatic nitrogens is 3. The maximum absolute atomic E-state index is 13.1. The molecule has 0 radical (unpaired) electrons. The Kier molecular flexibility index (Phi) is 6.64. The van der Waals surface area contributed by atoms with Crippen LogP contribution >= 0.6 is 23.1 Å². The van der Waals surface area contributed by atoms with E-state index in [2.05, 4.69) is 9.97 Å². The Balaban J connectivity index is 1.95. The van der Waals surface area contributed by atoms with Crippen LogP contribution in [0.1, 0.15) is 49.5 Å². The molecule has 0 aliphatic rings. The average molecular weight is 448 g/mol. The van der Waals surface area contributed by atoms with Gasteiger partial charge < -0.3 is 9.72 Å². The number of methoxy groups -OCH3 is 1. The lowest BCUT2D eigenvalue weighted by Crippen LogP contribution is -2.25. The first kappa shape index (κ1) is 22.5. The van der Waals surface area contributed by atoms with E-state index in [-0.39, 0.29) is 22.9 Å². The highest BCUT2D eigenvalue weighted by Gasteiger charge is 2.22. The molecule has 0 aliphatic heterocycles. The van der Waals surface area contributed by atoms with Gasteiger partial charge in [-0.15, -0.1) is 11.3 Å². The minimum absolute atomic E-state index is 0.0723. The Bertz CT molecular complexity index is 1200. The number of carbonyl (C=O) groups is 2. The number of aromatic amines is 1. The second kappa shape index (κ2) is 8.87. The van der Waals surface area contributed by atoms with Crippen molar-refractivity contribution in [3.63, 3.8) is 0 Å². The fourth-order valence-electron chi connectivity index (χ4n) is 3.56. The number of hydrogen-bond acceptors (Lipinski definition) is 7. The number of nitrogens with zero attached hydrogens (tertiary/aromatic N) is 2. The smallest absolute Gasteiger partial charge is 0.263 e. The molecule has 160 valence electrons. The van der Waals surface area contributed by atoms with Crippen molar-refractivity contribution in [2.75, 3.05) is 19.5 Å². The van der Waals surface area contributed by atoms with Gasteiger partial charge in [-0.05, 0) is 45.7 Å². The van der Waals surface area contributed by atoms with Crippen LogP contribution in [0, 0.1) is 27.7 Å². The van der Waals surface area contributed by atoms with E-state index < -0.39 is 0 Å². The molecule has 0 fully saturated rings. The minimum Gasteiger partial charge on any atom is -0.383 e. The molecule has 0 unspecified atom stereocenters. The molecule has 30 heavy (non-hydrogen) atoms. The molecule has 0 amide bonds. The Labute approximate surface area is 182 Å². The number of hydrogen-bond donors (Lipinski definition) is 1. The summed E-state index contributed by atoms with van der Waals surface area (Å²) in [5.41, 5.74) is 3.18. The van der Waals surface area contributed by atoms with E-state index in [1.165, 1.54) is 30.0 Å². The molecule has 3 aromatic rings. The number of rotatable bonds is 8. The van der Waals surface area contributed by atoms with Gasteiger partial charge in [-0.1, -0.05) is 11.8 Å². The zero-order valence-electron chi connectivity index (χ0n) is 18.0. The van der Waals surface area contributed by atoms with Crippen molar-refractivity contribution in [3.8, 4) is 0 Å². The molecule has 0 atom stereocenters. The van der Waals surface area contributed by atoms with Gasteiger partial charge in [0.25, 0.3) is 5.56 Å². The first-order chi connectivity index (χ1) is 14.2. The number of carbonyl (C=O) groups excluding carboxylic acids is 2. The number of fused-ring (bicyclic) bond motifs is 1. The predicted octanol–water partition coefficient (Wildman–Crippen LogP) is 3.84. The Hall–Kier alpha value is -2.23. The van der Waals surface area contributed by atoms with Crippen molar-refractivity contribution in [1.82, 2.24) is 14.5 Å². The van der Waals surface area contributed by atoms with Crippen LogP contribution in [0.25, 0.3) is 10.2 Å². The number of aryl methyl sites for hydroxylation is 3. The first-order valence-electron chi connectivity index (χ1n) is 9.52. The average Bonchev–Trinajstić information content (AvgIpc) is 3.14. The first-order valence-corrected chi connectivity index (χ1v) is 11.3. The van der Waals surface area contributed by atoms with Gasteiger partial charge in [0, 0.05) is 23.2 Å². The van der Waals surface area contributed by atoms with Crippen molar-refractivity contribution >= 4 is 44.9 Å². The van der Waals surface area contributed by atoms with Gasteiger partial charge in [-0.3, -0.25) is 19.0 Å². The van der Waals surface area contributed by atoms with Gasteiger partial charge in [-0.2, -0.15) is 0 Å². The summed E-state index contributed by atoms with van der Waals surface area (Å²) >= 11 is 2.71. The highest BCUT2D eigenvalue weighted by atomic mass is 32.2. The van der Waals surface area contributed by atoms with Gasteiger partial charge in [0.05, 0.1) is 30.0 Å². The van der Waals surface area contributed by atoms with E-state index in [0.29, 0.717) is 51.0 Å². The van der Waals surface area contributed by atoms with Crippen LogP contribution in [0.5, 0.6) is 0 Å². The van der Waals surface area contributed by atoms with Gasteiger partial charge in [0.2, 0.25) is 0 Å². The zero-order chi connectivity index (χ0) is 22.2. The number of thioether (sulfide) groups is 1. The molecule has 3 aromatic heterocycles. The molecule has 3 rings (SSSR count). The standard InChI is InChI=1S/C21H25N3O4S2/c1-10-14(5)30-19-17(10)20(27)24(7-8-28-6)21(23-19)29-9-15(26)18-11(2)16(13(4)25)12(3)22-18/h22H,7-9H2,1-6H3. The summed E-state index contributed by atoms with van der Waals surface area (Å²) in [6, 6.07) is 0. The van der Waals surface area contributed by atoms with Crippen LogP contribution in [0.3, 0.4) is 0 Å². The molecule has 7 nitrogen and oxygen atoms in total. The van der Waals surface area contributed by atoms with E-state index in [0.717, 1.165) is 10.4 Å². The Morgan fingerprint density at radius 3 is 2.50 bits per heavy atom. The number of thiophene rings is 1. The maximum atomic E-state index is 13.1. The summed E-state index contributed by atoms with van der Waals surface area (Å²) in [4.78, 5) is 47.3. The number of Topliss-reactive ketones (excluding diaryl/α,β-unsaturated/α-hetero) is 2. The number of ketones is 2. The molecule has 0 saturated heterocycles. The Morgan fingerprint density at radius 2 is 1.90 bits per heavy atom. The molecule has 0 spiro atoms. The summed E-state index contributed by atoms with van der Waals surface area (Å²) < 4.78 is 6.73. The van der Waals surface area contributed by atoms with Gasteiger partial charge in [0.15, 0.2) is 16.7 Å². The SMILES string of the molecule is COCCn1c(SCC(=O)c2[nH]c(C)c(C(C)=O)c2C)nc2sc(C)c(C)c2c1=O. The normalized spacial score (nSPS) is 11.4. The number of ether oxygens (including phenoxy) is 1. The highest BCUT2D eigenvalue weighted by Crippen LogP contribution is 2.29. The van der Waals surface area contributed by atoms with Gasteiger partial charge in [0.1, 0.15) is 4.83 Å². The lowest BCUT2D eigenvalue weighted by atomic mass is 10.1. The second-order valence-electron chi connectivity index (χ2n) is 7.20. The Morgan fingerprint density at radius 1 is 1.20 bits per heavy atom. The molecule has 0 saturated carbocycles. The number of nitrogens with one attached hydrogen (secondary N) is 1. The lowest BCUT2D eigenvalue weighted by Gasteiger charge is -2.11. The van der Waals surface area contributed by atoms with Crippen LogP contribution in [-0.2, 0) is 11.3 Å². The highest BCUT2D eigenvalue weighted by molar-refractivity contribution is 7.99. The van der Waals surface area contributed by atoms with Crippen molar-refractivity contribution in [3.05, 3.63) is 43.3 Å². The van der Waals surface area contributed by atoms with E-state index >= 15 is 0 Å². The number of H-pyrrole nitrogens is 1. The molecular formula is C21H25N3O4S2. The topological polar surface area (TPSA) is 94.1 Å². The summed E-state index contributed by atoms with van der Waals surface area (Å²) in [5.74, 6) is -0.108. The maximum Gasteiger partial charge on any atom is 0.263 e. The van der Waals surface area contributed by atoms with E-state index in [1.54, 1.807) is 25.5 Å². The van der Waals surface area contributed by atoms with E-state index in [9.17, 15) is 14.4 Å². The van der Waals surface area contributed by atoms with Crippen LogP contribution in [-0.4, -0.2) is 45.6 Å². The lowest BCUT2D eigenvalue weighted by molar-refractivity contribution is 0.101. The molecule has 9 heteroatoms. The van der Waals surface area contributed by atoms with Gasteiger partial charge in [-0.25, -0.2) is 4.98 Å². The monoisotopic (exact) mass is 447 g/mol. The summed E-state index contributed by atoms with van der Waals surface area (Å²) in [6.45, 7) is 9.68. The van der Waals surface area contributed by atoms with Crippen molar-refractivity contribution < 1.29 is 14.3 Å². The van der Waals surface area contributed by atoms with Crippen molar-refractivity contribution in [2.45, 2.75) is 46.3 Å². The third-order valence-electron chi connectivity index (χ3n) is 5.17. The molecule has 0 aromatic carbocycles. The molecule has 1 N–H and O–H groups in total. The quantitative estimate of drug-likeness (QED) is 0.320. The van der Waals surface area contributed by atoms with Crippen LogP contribution < -0.4 is 5.56 Å². The van der Waals surface area contributed by atoms with Crippen molar-refractivity contribution in [1.29, 1.82) is 0 Å². The van der Waals surface area contributed by atoms with Crippen LogP contribution in [0.4, 0.5) is 0 Å². The van der Waals surface area contributed by atoms with E-state index in [4.69, 9.17) is 4.74 Å². The van der Waals surface area contributed by atoms with Gasteiger partial charge >= 0.3 is 0 Å². The predicted molar refractivity (Wildman–Crippen MR) is 121 cm³/mol. The molecule has 0 aliphatic carbocycles. The molecule has 0 bridgehead atoms. The van der Waals surface area contributed by atoms with Crippen molar-refractivity contribution in [2.24, 2.45) is 0 Å². The second-order valence-corrected chi connectivity index (χ2v) is 9.35. The largest absolute Gasteiger partial charge is 0.383 e. The summed E-state index contributed by atoms with van der Waals surface area (Å²) in [5, 5.41) is 1.12. The summed E-state index contributed by atoms with van der Waals surface area (Å²) in [7, 11) is 1.58. The van der Waals surface area contributed by atoms with E-state index in [1.807, 2.05) is 13.8 Å². The fraction of sp³-hybridized carbons (Fsp3) is 0.429. The zero-order valence-corrected chi connectivity index (χ0v) is 19.6. The third kappa shape index (κ3) is 4.01. The molecular weight excluding hydrogens is 422 g/mol. The van der Waals surface area contributed by atoms with Crippen LogP contribution in [0.2, 0.25) is 0 Å². The minimum atomic E-state index is -0.140.